The van der Waals surface area contributed by atoms with E-state index >= 15 is 0 Å². The van der Waals surface area contributed by atoms with Gasteiger partial charge in [0.2, 0.25) is 23.8 Å². The highest BCUT2D eigenvalue weighted by Crippen LogP contribution is 2.18. The minimum absolute atomic E-state index is 0.0379. The van der Waals surface area contributed by atoms with Gasteiger partial charge in [-0.05, 0) is 12.8 Å². The van der Waals surface area contributed by atoms with Gasteiger partial charge in [-0.15, -0.1) is 0 Å². The Labute approximate surface area is 117 Å². The molecule has 0 bridgehead atoms. The quantitative estimate of drug-likeness (QED) is 0.446. The van der Waals surface area contributed by atoms with Crippen molar-refractivity contribution in [1.29, 1.82) is 0 Å². The second-order valence-corrected chi connectivity index (χ2v) is 5.00. The molecule has 9 heteroatoms. The summed E-state index contributed by atoms with van der Waals surface area (Å²) in [6.07, 6.45) is 2.13. The van der Waals surface area contributed by atoms with Crippen LogP contribution in [0.1, 0.15) is 12.8 Å². The molecule has 110 valence electrons. The third-order valence-electron chi connectivity index (χ3n) is 2.81. The van der Waals surface area contributed by atoms with Crippen molar-refractivity contribution >= 4 is 23.8 Å². The first-order valence-corrected chi connectivity index (χ1v) is 6.40. The summed E-state index contributed by atoms with van der Waals surface area (Å²) in [5.74, 6) is 6.42. The van der Waals surface area contributed by atoms with E-state index in [9.17, 15) is 4.79 Å². The number of hydrazine groups is 1. The van der Waals surface area contributed by atoms with Crippen LogP contribution < -0.4 is 26.4 Å². The first-order chi connectivity index (χ1) is 9.49. The van der Waals surface area contributed by atoms with E-state index in [1.54, 1.807) is 16.8 Å². The van der Waals surface area contributed by atoms with Crippen molar-refractivity contribution in [2.75, 3.05) is 42.9 Å². The van der Waals surface area contributed by atoms with Crippen LogP contribution in [0.15, 0.2) is 0 Å². The van der Waals surface area contributed by atoms with Gasteiger partial charge in [0.15, 0.2) is 0 Å². The van der Waals surface area contributed by atoms with E-state index in [0.717, 1.165) is 12.8 Å². The number of carbonyl (C=O) groups is 1. The predicted octanol–water partition coefficient (Wildman–Crippen LogP) is -1.06. The Hall–Kier alpha value is -2.16. The van der Waals surface area contributed by atoms with Crippen molar-refractivity contribution < 1.29 is 4.79 Å². The van der Waals surface area contributed by atoms with Crippen LogP contribution in [0.3, 0.4) is 0 Å². The number of nitrogens with zero attached hydrogens (tertiary/aromatic N) is 5. The summed E-state index contributed by atoms with van der Waals surface area (Å²) in [5.41, 5.74) is 2.40. The Morgan fingerprint density at radius 3 is 2.45 bits per heavy atom. The molecular formula is C11H20N8O. The molecule has 2 rings (SSSR count). The van der Waals surface area contributed by atoms with Gasteiger partial charge in [-0.3, -0.25) is 10.2 Å². The van der Waals surface area contributed by atoms with Gasteiger partial charge in [-0.2, -0.15) is 15.0 Å². The number of amides is 1. The van der Waals surface area contributed by atoms with Crippen LogP contribution in [-0.4, -0.2) is 54.6 Å². The summed E-state index contributed by atoms with van der Waals surface area (Å²) < 4.78 is 0. The lowest BCUT2D eigenvalue weighted by atomic mass is 10.5. The second-order valence-electron chi connectivity index (χ2n) is 5.00. The number of nitrogen functional groups attached to an aromatic ring is 1. The molecule has 0 spiro atoms. The average molecular weight is 280 g/mol. The summed E-state index contributed by atoms with van der Waals surface area (Å²) in [4.78, 5) is 27.7. The van der Waals surface area contributed by atoms with Crippen molar-refractivity contribution in [3.8, 4) is 0 Å². The maximum absolute atomic E-state index is 11.8. The first kappa shape index (κ1) is 14.3. The number of carbonyl (C=O) groups excluding carboxylic acids is 1. The monoisotopic (exact) mass is 280 g/mol. The molecule has 0 atom stereocenters. The maximum Gasteiger partial charge on any atom is 0.243 e. The standard InChI is InChI=1S/C11H20N8O/c1-18(2)10-14-9(17-12)15-11(16-10)19(3)6-8(20)13-7-4-5-7/h7H,4-6,12H2,1-3H3,(H,13,20)(H,14,15,16,17). The van der Waals surface area contributed by atoms with Crippen LogP contribution in [0.2, 0.25) is 0 Å². The van der Waals surface area contributed by atoms with Gasteiger partial charge in [0.25, 0.3) is 0 Å². The Bertz CT molecular complexity index is 487. The number of nitrogens with one attached hydrogen (secondary N) is 2. The van der Waals surface area contributed by atoms with Crippen molar-refractivity contribution in [3.63, 3.8) is 0 Å². The normalized spacial score (nSPS) is 13.8. The zero-order valence-corrected chi connectivity index (χ0v) is 11.9. The Kier molecular flexibility index (Phi) is 4.18. The van der Waals surface area contributed by atoms with Crippen LogP contribution in [0.5, 0.6) is 0 Å². The summed E-state index contributed by atoms with van der Waals surface area (Å²) in [7, 11) is 5.39. The molecule has 1 saturated carbocycles. The fraction of sp³-hybridized carbons (Fsp3) is 0.636. The molecule has 0 saturated heterocycles. The fourth-order valence-electron chi connectivity index (χ4n) is 1.58. The van der Waals surface area contributed by atoms with E-state index in [1.165, 1.54) is 0 Å². The number of anilines is 3. The van der Waals surface area contributed by atoms with E-state index in [4.69, 9.17) is 5.84 Å². The second kappa shape index (κ2) is 5.87. The topological polar surface area (TPSA) is 112 Å². The van der Waals surface area contributed by atoms with E-state index in [-0.39, 0.29) is 18.4 Å². The number of aromatic nitrogens is 3. The molecular weight excluding hydrogens is 260 g/mol. The first-order valence-electron chi connectivity index (χ1n) is 6.40. The zero-order chi connectivity index (χ0) is 14.7. The van der Waals surface area contributed by atoms with E-state index in [0.29, 0.717) is 17.9 Å². The van der Waals surface area contributed by atoms with Gasteiger partial charge in [-0.1, -0.05) is 0 Å². The summed E-state index contributed by atoms with van der Waals surface area (Å²) in [6, 6.07) is 0.341. The van der Waals surface area contributed by atoms with Crippen molar-refractivity contribution in [1.82, 2.24) is 20.3 Å². The van der Waals surface area contributed by atoms with Crippen molar-refractivity contribution in [2.45, 2.75) is 18.9 Å². The molecule has 0 unspecified atom stereocenters. The highest BCUT2D eigenvalue weighted by Gasteiger charge is 2.24. The third-order valence-corrected chi connectivity index (χ3v) is 2.81. The van der Waals surface area contributed by atoms with Crippen LogP contribution in [0.4, 0.5) is 17.8 Å². The third kappa shape index (κ3) is 3.67. The molecule has 1 aliphatic rings. The largest absolute Gasteiger partial charge is 0.352 e. The number of rotatable bonds is 6. The van der Waals surface area contributed by atoms with Gasteiger partial charge >= 0.3 is 0 Å². The van der Waals surface area contributed by atoms with Gasteiger partial charge in [-0.25, -0.2) is 5.84 Å². The molecule has 1 aliphatic carbocycles. The number of nitrogens with two attached hydrogens (primary N) is 1. The number of hydrogen-bond acceptors (Lipinski definition) is 8. The highest BCUT2D eigenvalue weighted by atomic mass is 16.2. The molecule has 1 aromatic heterocycles. The maximum atomic E-state index is 11.8. The average Bonchev–Trinajstić information content (AvgIpc) is 3.21. The van der Waals surface area contributed by atoms with Gasteiger partial charge < -0.3 is 15.1 Å². The highest BCUT2D eigenvalue weighted by molar-refractivity contribution is 5.81. The van der Waals surface area contributed by atoms with Crippen molar-refractivity contribution in [3.05, 3.63) is 0 Å². The molecule has 1 fully saturated rings. The molecule has 0 aromatic carbocycles. The van der Waals surface area contributed by atoms with E-state index in [2.05, 4.69) is 25.7 Å². The molecule has 9 nitrogen and oxygen atoms in total. The zero-order valence-electron chi connectivity index (χ0n) is 11.9. The van der Waals surface area contributed by atoms with Crippen LogP contribution >= 0.6 is 0 Å². The minimum atomic E-state index is -0.0379. The molecule has 1 aromatic rings. The van der Waals surface area contributed by atoms with Crippen LogP contribution in [0, 0.1) is 0 Å². The van der Waals surface area contributed by atoms with Gasteiger partial charge in [0.05, 0.1) is 6.54 Å². The molecule has 1 heterocycles. The SMILES string of the molecule is CN(C)c1nc(NN)nc(N(C)CC(=O)NC2CC2)n1. The van der Waals surface area contributed by atoms with E-state index in [1.807, 2.05) is 14.1 Å². The van der Waals surface area contributed by atoms with Gasteiger partial charge in [0.1, 0.15) is 0 Å². The summed E-state index contributed by atoms with van der Waals surface area (Å²) >= 11 is 0. The molecule has 0 radical (unpaired) electrons. The van der Waals surface area contributed by atoms with Crippen molar-refractivity contribution in [2.24, 2.45) is 5.84 Å². The predicted molar refractivity (Wildman–Crippen MR) is 76.4 cm³/mol. The lowest BCUT2D eigenvalue weighted by molar-refractivity contribution is -0.119. The lowest BCUT2D eigenvalue weighted by Crippen LogP contribution is -2.37. The number of hydrogen-bond donors (Lipinski definition) is 3. The Balaban J connectivity index is 2.08. The minimum Gasteiger partial charge on any atom is -0.352 e. The molecule has 20 heavy (non-hydrogen) atoms. The summed E-state index contributed by atoms with van der Waals surface area (Å²) in [6.45, 7) is 0.192. The Morgan fingerprint density at radius 1 is 1.25 bits per heavy atom. The molecule has 0 aliphatic heterocycles. The molecule has 4 N–H and O–H groups in total. The number of likely N-dealkylation sites (N-methyl/N-ethyl adjacent to an activating group) is 1. The van der Waals surface area contributed by atoms with Crippen LogP contribution in [0.25, 0.3) is 0 Å². The Morgan fingerprint density at radius 2 is 1.90 bits per heavy atom. The van der Waals surface area contributed by atoms with E-state index < -0.39 is 0 Å². The fourth-order valence-corrected chi connectivity index (χ4v) is 1.58. The summed E-state index contributed by atoms with van der Waals surface area (Å²) in [5, 5.41) is 2.92. The lowest BCUT2D eigenvalue weighted by Gasteiger charge is -2.19. The van der Waals surface area contributed by atoms with Crippen LogP contribution in [-0.2, 0) is 4.79 Å². The smallest absolute Gasteiger partial charge is 0.243 e. The van der Waals surface area contributed by atoms with Gasteiger partial charge in [0, 0.05) is 27.2 Å². The molecule has 1 amide bonds.